The highest BCUT2D eigenvalue weighted by atomic mass is 35.5. The second-order valence-corrected chi connectivity index (χ2v) is 7.05. The molecule has 0 bridgehead atoms. The van der Waals surface area contributed by atoms with Crippen LogP contribution in [0.3, 0.4) is 0 Å². The summed E-state index contributed by atoms with van der Waals surface area (Å²) in [6.45, 7) is 4.03. The lowest BCUT2D eigenvalue weighted by atomic mass is 10.0. The topological polar surface area (TPSA) is 69.0 Å². The molecule has 0 saturated carbocycles. The van der Waals surface area contributed by atoms with E-state index < -0.39 is 5.54 Å². The molecule has 7 heteroatoms. The van der Waals surface area contributed by atoms with E-state index in [-0.39, 0.29) is 5.91 Å². The van der Waals surface area contributed by atoms with Crippen LogP contribution in [0.1, 0.15) is 19.4 Å². The first kappa shape index (κ1) is 18.9. The van der Waals surface area contributed by atoms with Crippen molar-refractivity contribution in [2.45, 2.75) is 25.9 Å². The largest absolute Gasteiger partial charge is 0.481 e. The van der Waals surface area contributed by atoms with E-state index in [1.54, 1.807) is 36.3 Å². The number of carbonyl (C=O) groups is 1. The lowest BCUT2D eigenvalue weighted by Crippen LogP contribution is -2.44. The monoisotopic (exact) mass is 384 g/mol. The van der Waals surface area contributed by atoms with Crippen LogP contribution in [0.2, 0.25) is 5.02 Å². The third-order valence-electron chi connectivity index (χ3n) is 4.28. The summed E-state index contributed by atoms with van der Waals surface area (Å²) in [7, 11) is 1.57. The van der Waals surface area contributed by atoms with E-state index >= 15 is 0 Å². The Bertz CT molecular complexity index is 952. The molecule has 140 valence electrons. The maximum atomic E-state index is 12.7. The first-order valence-corrected chi connectivity index (χ1v) is 8.87. The predicted octanol–water partition coefficient (Wildman–Crippen LogP) is 3.66. The second-order valence-electron chi connectivity index (χ2n) is 6.61. The van der Waals surface area contributed by atoms with Crippen LogP contribution in [0.15, 0.2) is 54.9 Å². The third kappa shape index (κ3) is 4.28. The van der Waals surface area contributed by atoms with Crippen molar-refractivity contribution in [3.05, 3.63) is 65.4 Å². The fourth-order valence-corrected chi connectivity index (χ4v) is 2.81. The Morgan fingerprint density at radius 1 is 1.26 bits per heavy atom. The number of halogens is 1. The van der Waals surface area contributed by atoms with Crippen molar-refractivity contribution in [2.24, 2.45) is 0 Å². The Labute approximate surface area is 163 Å². The van der Waals surface area contributed by atoms with Gasteiger partial charge in [-0.2, -0.15) is 5.10 Å². The van der Waals surface area contributed by atoms with Gasteiger partial charge in [0.1, 0.15) is 5.54 Å². The van der Waals surface area contributed by atoms with Gasteiger partial charge in [-0.05, 0) is 37.6 Å². The van der Waals surface area contributed by atoms with Gasteiger partial charge < -0.3 is 10.1 Å². The number of hydrogen-bond donors (Lipinski definition) is 1. The quantitative estimate of drug-likeness (QED) is 0.704. The van der Waals surface area contributed by atoms with Crippen molar-refractivity contribution in [1.82, 2.24) is 20.1 Å². The molecule has 2 heterocycles. The molecule has 0 spiro atoms. The Morgan fingerprint density at radius 3 is 2.78 bits per heavy atom. The number of rotatable bonds is 6. The zero-order valence-electron chi connectivity index (χ0n) is 15.4. The normalized spacial score (nSPS) is 11.3. The fourth-order valence-electron chi connectivity index (χ4n) is 2.60. The SMILES string of the molecule is COc1cccc(-c2cnn(C(C)(C)C(=O)NCc3cccc(Cl)c3)c2)n1. The molecule has 6 nitrogen and oxygen atoms in total. The smallest absolute Gasteiger partial charge is 0.247 e. The summed E-state index contributed by atoms with van der Waals surface area (Å²) in [5.41, 5.74) is 1.61. The average Bonchev–Trinajstić information content (AvgIpc) is 3.17. The summed E-state index contributed by atoms with van der Waals surface area (Å²) in [6.07, 6.45) is 3.49. The second kappa shape index (κ2) is 7.80. The fraction of sp³-hybridized carbons (Fsp3) is 0.250. The molecule has 0 aliphatic carbocycles. The van der Waals surface area contributed by atoms with Crippen LogP contribution in [-0.2, 0) is 16.9 Å². The van der Waals surface area contributed by atoms with Crippen LogP contribution in [0.5, 0.6) is 5.88 Å². The standard InChI is InChI=1S/C20H21ClN4O2/c1-20(2,19(26)22-11-14-6-4-7-16(21)10-14)25-13-15(12-23-25)17-8-5-9-18(24-17)27-3/h4-10,12-13H,11H2,1-3H3,(H,22,26). The number of carbonyl (C=O) groups excluding carboxylic acids is 1. The van der Waals surface area contributed by atoms with Crippen molar-refractivity contribution >= 4 is 17.5 Å². The van der Waals surface area contributed by atoms with Crippen LogP contribution >= 0.6 is 11.6 Å². The highest BCUT2D eigenvalue weighted by Gasteiger charge is 2.30. The summed E-state index contributed by atoms with van der Waals surface area (Å²) in [6, 6.07) is 12.9. The molecule has 0 atom stereocenters. The number of benzene rings is 1. The Morgan fingerprint density at radius 2 is 2.04 bits per heavy atom. The van der Waals surface area contributed by atoms with Crippen molar-refractivity contribution in [1.29, 1.82) is 0 Å². The van der Waals surface area contributed by atoms with E-state index in [2.05, 4.69) is 15.4 Å². The van der Waals surface area contributed by atoms with E-state index in [9.17, 15) is 4.79 Å². The van der Waals surface area contributed by atoms with Crippen LogP contribution in [0, 0.1) is 0 Å². The summed E-state index contributed by atoms with van der Waals surface area (Å²) in [5.74, 6) is 0.384. The molecule has 0 aliphatic rings. The Kier molecular flexibility index (Phi) is 5.46. The number of aromatic nitrogens is 3. The van der Waals surface area contributed by atoms with Gasteiger partial charge in [0.15, 0.2) is 0 Å². The number of nitrogens with zero attached hydrogens (tertiary/aromatic N) is 3. The number of methoxy groups -OCH3 is 1. The molecule has 0 unspecified atom stereocenters. The minimum Gasteiger partial charge on any atom is -0.481 e. The number of nitrogens with one attached hydrogen (secondary N) is 1. The maximum absolute atomic E-state index is 12.7. The minimum atomic E-state index is -0.865. The van der Waals surface area contributed by atoms with E-state index in [4.69, 9.17) is 16.3 Å². The van der Waals surface area contributed by atoms with Gasteiger partial charge in [0.25, 0.3) is 0 Å². The minimum absolute atomic E-state index is 0.143. The molecule has 2 aromatic heterocycles. The van der Waals surface area contributed by atoms with Crippen molar-refractivity contribution < 1.29 is 9.53 Å². The number of ether oxygens (including phenoxy) is 1. The average molecular weight is 385 g/mol. The predicted molar refractivity (Wildman–Crippen MR) is 105 cm³/mol. The van der Waals surface area contributed by atoms with Gasteiger partial charge in [0.05, 0.1) is 19.0 Å². The van der Waals surface area contributed by atoms with Crippen LogP contribution in [0.4, 0.5) is 0 Å². The highest BCUT2D eigenvalue weighted by molar-refractivity contribution is 6.30. The first-order valence-electron chi connectivity index (χ1n) is 8.49. The molecule has 1 aromatic carbocycles. The van der Waals surface area contributed by atoms with Gasteiger partial charge in [0.2, 0.25) is 11.8 Å². The molecular formula is C20H21ClN4O2. The summed E-state index contributed by atoms with van der Waals surface area (Å²) in [5, 5.41) is 7.94. The van der Waals surface area contributed by atoms with Gasteiger partial charge in [0, 0.05) is 29.4 Å². The number of amides is 1. The molecule has 0 fully saturated rings. The van der Waals surface area contributed by atoms with E-state index in [1.807, 2.05) is 44.2 Å². The zero-order chi connectivity index (χ0) is 19.4. The lowest BCUT2D eigenvalue weighted by molar-refractivity contribution is -0.129. The molecule has 0 saturated heterocycles. The zero-order valence-corrected chi connectivity index (χ0v) is 16.2. The Hall–Kier alpha value is -2.86. The van der Waals surface area contributed by atoms with Crippen LogP contribution in [0.25, 0.3) is 11.3 Å². The summed E-state index contributed by atoms with van der Waals surface area (Å²) in [4.78, 5) is 17.1. The van der Waals surface area contributed by atoms with Crippen LogP contribution < -0.4 is 10.1 Å². The lowest BCUT2D eigenvalue weighted by Gasteiger charge is -2.24. The molecule has 0 radical (unpaired) electrons. The molecule has 3 rings (SSSR count). The van der Waals surface area contributed by atoms with E-state index in [0.717, 1.165) is 16.8 Å². The van der Waals surface area contributed by atoms with Gasteiger partial charge in [-0.3, -0.25) is 9.48 Å². The first-order chi connectivity index (χ1) is 12.9. The van der Waals surface area contributed by atoms with Gasteiger partial charge >= 0.3 is 0 Å². The van der Waals surface area contributed by atoms with E-state index in [1.165, 1.54) is 0 Å². The van der Waals surface area contributed by atoms with Crippen molar-refractivity contribution in [3.63, 3.8) is 0 Å². The van der Waals surface area contributed by atoms with Gasteiger partial charge in [-0.25, -0.2) is 4.98 Å². The number of pyridine rings is 1. The van der Waals surface area contributed by atoms with Crippen LogP contribution in [-0.4, -0.2) is 27.8 Å². The highest BCUT2D eigenvalue weighted by Crippen LogP contribution is 2.23. The third-order valence-corrected chi connectivity index (χ3v) is 4.52. The number of hydrogen-bond acceptors (Lipinski definition) is 4. The molecule has 1 N–H and O–H groups in total. The van der Waals surface area contributed by atoms with Crippen molar-refractivity contribution in [2.75, 3.05) is 7.11 Å². The Balaban J connectivity index is 1.74. The van der Waals surface area contributed by atoms with Crippen molar-refractivity contribution in [3.8, 4) is 17.1 Å². The molecule has 27 heavy (non-hydrogen) atoms. The molecule has 3 aromatic rings. The molecule has 1 amide bonds. The van der Waals surface area contributed by atoms with Gasteiger partial charge in [-0.15, -0.1) is 0 Å². The van der Waals surface area contributed by atoms with E-state index in [0.29, 0.717) is 17.4 Å². The maximum Gasteiger partial charge on any atom is 0.247 e. The summed E-state index contributed by atoms with van der Waals surface area (Å²) < 4.78 is 6.79. The molecular weight excluding hydrogens is 364 g/mol. The molecule has 0 aliphatic heterocycles. The summed E-state index contributed by atoms with van der Waals surface area (Å²) >= 11 is 5.99. The van der Waals surface area contributed by atoms with Gasteiger partial charge in [-0.1, -0.05) is 29.8 Å².